The van der Waals surface area contributed by atoms with E-state index in [2.05, 4.69) is 15.0 Å². The Balaban J connectivity index is 2.01. The average molecular weight is 314 g/mol. The molecule has 0 atom stereocenters. The summed E-state index contributed by atoms with van der Waals surface area (Å²) < 4.78 is 0. The van der Waals surface area contributed by atoms with Gasteiger partial charge in [0.05, 0.1) is 5.52 Å². The Morgan fingerprint density at radius 1 is 1.23 bits per heavy atom. The highest BCUT2D eigenvalue weighted by molar-refractivity contribution is 6.34. The molecule has 0 fully saturated rings. The van der Waals surface area contributed by atoms with Gasteiger partial charge in [0.2, 0.25) is 0 Å². The van der Waals surface area contributed by atoms with Crippen molar-refractivity contribution in [2.75, 3.05) is 0 Å². The third kappa shape index (κ3) is 3.04. The molecular weight excluding hydrogens is 302 g/mol. The summed E-state index contributed by atoms with van der Waals surface area (Å²) in [5.41, 5.74) is 2.41. The Kier molecular flexibility index (Phi) is 3.98. The van der Waals surface area contributed by atoms with Crippen molar-refractivity contribution >= 4 is 28.5 Å². The zero-order chi connectivity index (χ0) is 15.5. The predicted molar refractivity (Wildman–Crippen MR) is 83.7 cm³/mol. The smallest absolute Gasteiger partial charge is 0.303 e. The normalized spacial score (nSPS) is 10.8. The molecule has 0 aliphatic carbocycles. The molecule has 5 nitrogen and oxygen atoms in total. The molecule has 110 valence electrons. The summed E-state index contributed by atoms with van der Waals surface area (Å²) in [5, 5.41) is 9.82. The van der Waals surface area contributed by atoms with Gasteiger partial charge in [-0.1, -0.05) is 17.7 Å². The molecule has 0 aliphatic rings. The maximum absolute atomic E-state index is 10.6. The molecule has 0 bridgehead atoms. The van der Waals surface area contributed by atoms with Gasteiger partial charge in [-0.05, 0) is 36.2 Å². The van der Waals surface area contributed by atoms with Gasteiger partial charge in [0.1, 0.15) is 5.15 Å². The molecule has 22 heavy (non-hydrogen) atoms. The summed E-state index contributed by atoms with van der Waals surface area (Å²) in [6.45, 7) is 0. The number of rotatable bonds is 4. The zero-order valence-electron chi connectivity index (χ0n) is 11.5. The number of hydrogen-bond donors (Lipinski definition) is 1. The second-order valence-corrected chi connectivity index (χ2v) is 5.18. The van der Waals surface area contributed by atoms with E-state index in [0.29, 0.717) is 17.4 Å². The van der Waals surface area contributed by atoms with Crippen LogP contribution in [0.25, 0.3) is 22.3 Å². The highest BCUT2D eigenvalue weighted by atomic mass is 35.5. The molecule has 0 saturated carbocycles. The highest BCUT2D eigenvalue weighted by Crippen LogP contribution is 2.25. The highest BCUT2D eigenvalue weighted by Gasteiger charge is 2.09. The van der Waals surface area contributed by atoms with Crippen LogP contribution in [0.1, 0.15) is 12.0 Å². The molecule has 1 aromatic carbocycles. The van der Waals surface area contributed by atoms with Crippen molar-refractivity contribution < 1.29 is 9.90 Å². The molecule has 0 unspecified atom stereocenters. The van der Waals surface area contributed by atoms with Gasteiger partial charge in [-0.25, -0.2) is 9.97 Å². The number of aromatic nitrogens is 3. The Labute approximate surface area is 131 Å². The van der Waals surface area contributed by atoms with E-state index in [0.717, 1.165) is 22.0 Å². The Morgan fingerprint density at radius 3 is 2.82 bits per heavy atom. The average Bonchev–Trinajstić information content (AvgIpc) is 2.54. The van der Waals surface area contributed by atoms with Gasteiger partial charge in [-0.3, -0.25) is 9.78 Å². The minimum absolute atomic E-state index is 0.0811. The number of carboxylic acids is 1. The van der Waals surface area contributed by atoms with E-state index in [1.165, 1.54) is 0 Å². The number of aryl methyl sites for hydroxylation is 1. The van der Waals surface area contributed by atoms with Crippen LogP contribution in [-0.2, 0) is 11.2 Å². The van der Waals surface area contributed by atoms with Crippen LogP contribution in [0.5, 0.6) is 0 Å². The van der Waals surface area contributed by atoms with E-state index in [-0.39, 0.29) is 6.42 Å². The Morgan fingerprint density at radius 2 is 2.09 bits per heavy atom. The Hall–Kier alpha value is -2.53. The number of carbonyl (C=O) groups is 1. The van der Waals surface area contributed by atoms with Crippen molar-refractivity contribution in [2.45, 2.75) is 12.8 Å². The number of hydrogen-bond acceptors (Lipinski definition) is 4. The summed E-state index contributed by atoms with van der Waals surface area (Å²) >= 11 is 6.26. The number of halogens is 1. The molecule has 3 rings (SSSR count). The third-order valence-corrected chi connectivity index (χ3v) is 3.55. The van der Waals surface area contributed by atoms with Crippen LogP contribution >= 0.6 is 11.6 Å². The van der Waals surface area contributed by atoms with E-state index >= 15 is 0 Å². The second-order valence-electron chi connectivity index (χ2n) is 4.82. The van der Waals surface area contributed by atoms with Crippen molar-refractivity contribution in [3.05, 3.63) is 53.4 Å². The number of benzene rings is 1. The van der Waals surface area contributed by atoms with Gasteiger partial charge in [0.15, 0.2) is 5.82 Å². The molecular formula is C16H12ClN3O2. The number of nitrogens with zero attached hydrogens (tertiary/aromatic N) is 3. The maximum atomic E-state index is 10.6. The molecule has 2 heterocycles. The van der Waals surface area contributed by atoms with E-state index in [1.807, 2.05) is 30.3 Å². The molecule has 6 heteroatoms. The standard InChI is InChI=1S/C16H12ClN3O2/c17-15-12-8-10(4-6-14(21)22)3-5-13(12)19-16(20-15)11-2-1-7-18-9-11/h1-3,5,7-9H,4,6H2,(H,21,22). The molecule has 0 spiro atoms. The number of carboxylic acid groups (broad SMARTS) is 1. The molecule has 1 N–H and O–H groups in total. The van der Waals surface area contributed by atoms with Gasteiger partial charge < -0.3 is 5.11 Å². The summed E-state index contributed by atoms with van der Waals surface area (Å²) in [6.07, 6.45) is 3.89. The van der Waals surface area contributed by atoms with Crippen molar-refractivity contribution in [1.29, 1.82) is 0 Å². The molecule has 0 amide bonds. The summed E-state index contributed by atoms with van der Waals surface area (Å²) in [5.74, 6) is -0.307. The van der Waals surface area contributed by atoms with E-state index in [9.17, 15) is 4.79 Å². The monoisotopic (exact) mass is 313 g/mol. The van der Waals surface area contributed by atoms with Crippen molar-refractivity contribution in [3.8, 4) is 11.4 Å². The third-order valence-electron chi connectivity index (χ3n) is 3.26. The van der Waals surface area contributed by atoms with Gasteiger partial charge in [0, 0.05) is 29.8 Å². The van der Waals surface area contributed by atoms with Crippen LogP contribution < -0.4 is 0 Å². The maximum Gasteiger partial charge on any atom is 0.303 e. The van der Waals surface area contributed by atoms with Crippen LogP contribution in [0.4, 0.5) is 0 Å². The summed E-state index contributed by atoms with van der Waals surface area (Å²) in [4.78, 5) is 23.5. The van der Waals surface area contributed by atoms with Crippen LogP contribution in [0.3, 0.4) is 0 Å². The quantitative estimate of drug-likeness (QED) is 0.747. The molecule has 0 saturated heterocycles. The first kappa shape index (κ1) is 14.4. The van der Waals surface area contributed by atoms with Crippen molar-refractivity contribution in [3.63, 3.8) is 0 Å². The minimum Gasteiger partial charge on any atom is -0.481 e. The number of aliphatic carboxylic acids is 1. The van der Waals surface area contributed by atoms with Crippen LogP contribution in [0.2, 0.25) is 5.15 Å². The van der Waals surface area contributed by atoms with Crippen molar-refractivity contribution in [2.24, 2.45) is 0 Å². The lowest BCUT2D eigenvalue weighted by Gasteiger charge is -2.06. The fourth-order valence-corrected chi connectivity index (χ4v) is 2.40. The Bertz CT molecular complexity index is 837. The lowest BCUT2D eigenvalue weighted by atomic mass is 10.1. The lowest BCUT2D eigenvalue weighted by molar-refractivity contribution is -0.136. The fourth-order valence-electron chi connectivity index (χ4n) is 2.17. The zero-order valence-corrected chi connectivity index (χ0v) is 12.3. The summed E-state index contributed by atoms with van der Waals surface area (Å²) in [7, 11) is 0. The summed E-state index contributed by atoms with van der Waals surface area (Å²) in [6, 6.07) is 9.22. The van der Waals surface area contributed by atoms with Crippen LogP contribution in [-0.4, -0.2) is 26.0 Å². The first-order chi connectivity index (χ1) is 10.6. The molecule has 2 aromatic heterocycles. The second kappa shape index (κ2) is 6.07. The van der Waals surface area contributed by atoms with Crippen LogP contribution in [0.15, 0.2) is 42.7 Å². The van der Waals surface area contributed by atoms with Gasteiger partial charge in [0.25, 0.3) is 0 Å². The molecule has 3 aromatic rings. The van der Waals surface area contributed by atoms with E-state index < -0.39 is 5.97 Å². The van der Waals surface area contributed by atoms with Gasteiger partial charge in [-0.2, -0.15) is 0 Å². The number of fused-ring (bicyclic) bond motifs is 1. The lowest BCUT2D eigenvalue weighted by Crippen LogP contribution is -1.98. The van der Waals surface area contributed by atoms with Crippen molar-refractivity contribution in [1.82, 2.24) is 15.0 Å². The molecule has 0 radical (unpaired) electrons. The first-order valence-corrected chi connectivity index (χ1v) is 7.09. The molecule has 0 aliphatic heterocycles. The van der Waals surface area contributed by atoms with E-state index in [4.69, 9.17) is 16.7 Å². The predicted octanol–water partition coefficient (Wildman–Crippen LogP) is 3.36. The minimum atomic E-state index is -0.825. The number of pyridine rings is 1. The topological polar surface area (TPSA) is 76.0 Å². The first-order valence-electron chi connectivity index (χ1n) is 6.72. The fraction of sp³-hybridized carbons (Fsp3) is 0.125. The SMILES string of the molecule is O=C(O)CCc1ccc2nc(-c3cccnc3)nc(Cl)c2c1. The van der Waals surface area contributed by atoms with Crippen LogP contribution in [0, 0.1) is 0 Å². The van der Waals surface area contributed by atoms with Gasteiger partial charge >= 0.3 is 5.97 Å². The van der Waals surface area contributed by atoms with Gasteiger partial charge in [-0.15, -0.1) is 0 Å². The largest absolute Gasteiger partial charge is 0.481 e. The van der Waals surface area contributed by atoms with E-state index in [1.54, 1.807) is 12.4 Å².